The lowest BCUT2D eigenvalue weighted by atomic mass is 9.85. The summed E-state index contributed by atoms with van der Waals surface area (Å²) >= 11 is 5.83. The standard InChI is InChI=1S/C14H12ClF3N2O/c15-9-3-4-11-10(7-9)13(14(16,17)18,20-12(21)19-11)6-5-8-1-2-8/h3-8H,1-2H2,(H2,19,20,21)/t13-/m0/s1. The van der Waals surface area contributed by atoms with E-state index in [-0.39, 0.29) is 22.2 Å². The lowest BCUT2D eigenvalue weighted by Crippen LogP contribution is -2.58. The molecule has 0 bridgehead atoms. The topological polar surface area (TPSA) is 41.1 Å². The molecule has 1 fully saturated rings. The largest absolute Gasteiger partial charge is 0.419 e. The second-order valence-electron chi connectivity index (χ2n) is 5.27. The van der Waals surface area contributed by atoms with E-state index >= 15 is 0 Å². The summed E-state index contributed by atoms with van der Waals surface area (Å²) in [6, 6.07) is 3.16. The van der Waals surface area contributed by atoms with Gasteiger partial charge in [-0.15, -0.1) is 0 Å². The quantitative estimate of drug-likeness (QED) is 0.789. The molecule has 112 valence electrons. The molecule has 2 N–H and O–H groups in total. The zero-order valence-corrected chi connectivity index (χ0v) is 11.6. The summed E-state index contributed by atoms with van der Waals surface area (Å²) < 4.78 is 41.1. The maximum atomic E-state index is 13.7. The number of carbonyl (C=O) groups excluding carboxylic acids is 1. The highest BCUT2D eigenvalue weighted by Gasteiger charge is 2.58. The number of amides is 2. The molecule has 1 aromatic carbocycles. The molecule has 7 heteroatoms. The lowest BCUT2D eigenvalue weighted by Gasteiger charge is -2.39. The van der Waals surface area contributed by atoms with Gasteiger partial charge in [-0.1, -0.05) is 17.7 Å². The van der Waals surface area contributed by atoms with Gasteiger partial charge in [-0.3, -0.25) is 0 Å². The van der Waals surface area contributed by atoms with Crippen LogP contribution in [0.15, 0.2) is 30.4 Å². The Balaban J connectivity index is 2.18. The van der Waals surface area contributed by atoms with E-state index in [0.29, 0.717) is 0 Å². The van der Waals surface area contributed by atoms with Crippen LogP contribution in [0.3, 0.4) is 0 Å². The molecule has 1 aliphatic heterocycles. The van der Waals surface area contributed by atoms with E-state index in [1.165, 1.54) is 24.3 Å². The van der Waals surface area contributed by atoms with Crippen molar-refractivity contribution in [3.63, 3.8) is 0 Å². The predicted octanol–water partition coefficient (Wildman–Crippen LogP) is 4.20. The lowest BCUT2D eigenvalue weighted by molar-refractivity contribution is -0.181. The third-order valence-electron chi connectivity index (χ3n) is 3.65. The number of hydrogen-bond donors (Lipinski definition) is 2. The van der Waals surface area contributed by atoms with Gasteiger partial charge in [0.15, 0.2) is 5.54 Å². The van der Waals surface area contributed by atoms with Crippen LogP contribution in [-0.4, -0.2) is 12.2 Å². The van der Waals surface area contributed by atoms with Gasteiger partial charge in [-0.25, -0.2) is 4.79 Å². The van der Waals surface area contributed by atoms with Gasteiger partial charge in [-0.05, 0) is 43.0 Å². The number of anilines is 1. The van der Waals surface area contributed by atoms with Crippen molar-refractivity contribution in [3.05, 3.63) is 40.9 Å². The van der Waals surface area contributed by atoms with E-state index in [0.717, 1.165) is 18.9 Å². The molecule has 2 amide bonds. The van der Waals surface area contributed by atoms with Gasteiger partial charge < -0.3 is 10.6 Å². The summed E-state index contributed by atoms with van der Waals surface area (Å²) in [5.41, 5.74) is -2.53. The number of hydrogen-bond acceptors (Lipinski definition) is 1. The maximum absolute atomic E-state index is 13.7. The van der Waals surface area contributed by atoms with E-state index in [1.807, 2.05) is 5.32 Å². The second kappa shape index (κ2) is 4.66. The Morgan fingerprint density at radius 2 is 2.05 bits per heavy atom. The Morgan fingerprint density at radius 1 is 1.33 bits per heavy atom. The molecule has 0 unspecified atom stereocenters. The van der Waals surface area contributed by atoms with Crippen molar-refractivity contribution >= 4 is 23.3 Å². The summed E-state index contributed by atoms with van der Waals surface area (Å²) in [7, 11) is 0. The number of fused-ring (bicyclic) bond motifs is 1. The second-order valence-corrected chi connectivity index (χ2v) is 5.71. The molecule has 0 spiro atoms. The number of halogens is 4. The van der Waals surface area contributed by atoms with Gasteiger partial charge in [0.05, 0.1) is 0 Å². The Hall–Kier alpha value is -1.69. The average Bonchev–Trinajstić information content (AvgIpc) is 3.19. The maximum Gasteiger partial charge on any atom is 0.419 e. The zero-order chi connectivity index (χ0) is 15.3. The molecule has 3 nitrogen and oxygen atoms in total. The van der Waals surface area contributed by atoms with Crippen LogP contribution in [0.2, 0.25) is 5.02 Å². The van der Waals surface area contributed by atoms with Gasteiger partial charge in [0.2, 0.25) is 0 Å². The molecule has 1 atom stereocenters. The van der Waals surface area contributed by atoms with E-state index in [2.05, 4.69) is 5.32 Å². The van der Waals surface area contributed by atoms with Gasteiger partial charge in [0.25, 0.3) is 0 Å². The van der Waals surface area contributed by atoms with Crippen molar-refractivity contribution in [1.82, 2.24) is 5.32 Å². The molecule has 3 rings (SSSR count). The predicted molar refractivity (Wildman–Crippen MR) is 73.2 cm³/mol. The van der Waals surface area contributed by atoms with Gasteiger partial charge in [-0.2, -0.15) is 13.2 Å². The third kappa shape index (κ3) is 2.48. The van der Waals surface area contributed by atoms with E-state index in [4.69, 9.17) is 11.6 Å². The highest BCUT2D eigenvalue weighted by molar-refractivity contribution is 6.30. The van der Waals surface area contributed by atoms with E-state index < -0.39 is 17.7 Å². The van der Waals surface area contributed by atoms with Gasteiger partial charge in [0, 0.05) is 16.3 Å². The molecular formula is C14H12ClF3N2O. The Kier molecular flexibility index (Phi) is 3.16. The minimum Gasteiger partial charge on any atom is -0.316 e. The van der Waals surface area contributed by atoms with Crippen LogP contribution in [0, 0.1) is 5.92 Å². The number of urea groups is 1. The fraction of sp³-hybridized carbons (Fsp3) is 0.357. The summed E-state index contributed by atoms with van der Waals surface area (Å²) in [4.78, 5) is 11.6. The van der Waals surface area contributed by atoms with Crippen molar-refractivity contribution < 1.29 is 18.0 Å². The Labute approximate surface area is 124 Å². The number of rotatable bonds is 2. The fourth-order valence-electron chi connectivity index (χ4n) is 2.37. The molecular weight excluding hydrogens is 305 g/mol. The molecule has 2 aliphatic rings. The first-order valence-electron chi connectivity index (χ1n) is 6.47. The molecule has 1 heterocycles. The van der Waals surface area contributed by atoms with Gasteiger partial charge >= 0.3 is 12.2 Å². The third-order valence-corrected chi connectivity index (χ3v) is 3.89. The number of carbonyl (C=O) groups is 1. The molecule has 1 saturated carbocycles. The molecule has 1 aliphatic carbocycles. The zero-order valence-electron chi connectivity index (χ0n) is 10.8. The van der Waals surface area contributed by atoms with Crippen LogP contribution in [0.5, 0.6) is 0 Å². The van der Waals surface area contributed by atoms with Crippen LogP contribution >= 0.6 is 11.6 Å². The number of alkyl halides is 3. The first-order chi connectivity index (χ1) is 9.82. The Bertz CT molecular complexity index is 625. The normalized spacial score (nSPS) is 25.4. The number of allylic oxidation sites excluding steroid dienone is 1. The minimum atomic E-state index is -4.67. The van der Waals surface area contributed by atoms with Crippen molar-refractivity contribution in [2.24, 2.45) is 5.92 Å². The van der Waals surface area contributed by atoms with Crippen LogP contribution in [0.4, 0.5) is 23.7 Å². The first kappa shape index (κ1) is 14.3. The van der Waals surface area contributed by atoms with Crippen LogP contribution < -0.4 is 10.6 Å². The van der Waals surface area contributed by atoms with Crippen LogP contribution in [-0.2, 0) is 5.54 Å². The van der Waals surface area contributed by atoms with Crippen LogP contribution in [0.1, 0.15) is 18.4 Å². The van der Waals surface area contributed by atoms with Crippen LogP contribution in [0.25, 0.3) is 0 Å². The number of nitrogens with one attached hydrogen (secondary N) is 2. The highest BCUT2D eigenvalue weighted by atomic mass is 35.5. The molecule has 1 aromatic rings. The summed E-state index contributed by atoms with van der Waals surface area (Å²) in [5.74, 6) is 0.152. The van der Waals surface area contributed by atoms with Crippen molar-refractivity contribution in [3.8, 4) is 0 Å². The fourth-order valence-corrected chi connectivity index (χ4v) is 2.54. The monoisotopic (exact) mass is 316 g/mol. The van der Waals surface area contributed by atoms with E-state index in [1.54, 1.807) is 0 Å². The summed E-state index contributed by atoms with van der Waals surface area (Å²) in [5, 5.41) is 4.57. The summed E-state index contributed by atoms with van der Waals surface area (Å²) in [6.07, 6.45) is -0.365. The average molecular weight is 317 g/mol. The number of benzene rings is 1. The molecule has 0 saturated heterocycles. The highest BCUT2D eigenvalue weighted by Crippen LogP contribution is 2.46. The molecule has 0 aromatic heterocycles. The molecule has 21 heavy (non-hydrogen) atoms. The minimum absolute atomic E-state index is 0.0981. The van der Waals surface area contributed by atoms with Crippen molar-refractivity contribution in [1.29, 1.82) is 0 Å². The van der Waals surface area contributed by atoms with E-state index in [9.17, 15) is 18.0 Å². The van der Waals surface area contributed by atoms with Crippen molar-refractivity contribution in [2.75, 3.05) is 5.32 Å². The molecule has 0 radical (unpaired) electrons. The van der Waals surface area contributed by atoms with Gasteiger partial charge in [0.1, 0.15) is 0 Å². The van der Waals surface area contributed by atoms with Crippen molar-refractivity contribution in [2.45, 2.75) is 24.6 Å². The Morgan fingerprint density at radius 3 is 2.67 bits per heavy atom. The smallest absolute Gasteiger partial charge is 0.316 e. The summed E-state index contributed by atoms with van der Waals surface area (Å²) in [6.45, 7) is 0. The first-order valence-corrected chi connectivity index (χ1v) is 6.85. The SMILES string of the molecule is O=C1Nc2ccc(Cl)cc2[C@@](C=CC2CC2)(C(F)(F)F)N1.